The Morgan fingerprint density at radius 3 is 0.786 bits per heavy atom. The van der Waals surface area contributed by atoms with Gasteiger partial charge in [0, 0.05) is 37.8 Å². The van der Waals surface area contributed by atoms with Gasteiger partial charge in [0.15, 0.2) is 50.9 Å². The monoisotopic (exact) mass is 1930 g/mol. The fourth-order valence-electron chi connectivity index (χ4n) is 9.80. The quantitative estimate of drug-likeness (QED) is 0.00755. The lowest BCUT2D eigenvalue weighted by Gasteiger charge is -2.26. The number of anilines is 6. The highest BCUT2D eigenvalue weighted by Crippen LogP contribution is 2.41. The summed E-state index contributed by atoms with van der Waals surface area (Å²) >= 11 is 0. The fourth-order valence-corrected chi connectivity index (χ4v) is 16.2. The molecule has 23 N–H and O–H groups in total. The van der Waals surface area contributed by atoms with E-state index >= 15 is 0 Å². The van der Waals surface area contributed by atoms with E-state index in [9.17, 15) is 42.5 Å². The molecule has 0 aromatic carbocycles. The van der Waals surface area contributed by atoms with Crippen LogP contribution in [-0.2, 0) is 95.3 Å². The number of halogens is 4. The Balaban J connectivity index is 0. The van der Waals surface area contributed by atoms with Crippen LogP contribution < -0.4 is 86.6 Å². The number of nitrogens with two attached hydrogens (primary N) is 7. The summed E-state index contributed by atoms with van der Waals surface area (Å²) in [5, 5.41) is 26.6. The fraction of sp³-hybridized carbons (Fsp3) is 0.720. The molecule has 3 aliphatic carbocycles. The number of esters is 4. The van der Waals surface area contributed by atoms with Crippen molar-refractivity contribution in [3.05, 3.63) is 19.0 Å². The van der Waals surface area contributed by atoms with Gasteiger partial charge in [-0.2, -0.15) is 29.9 Å². The molecular formula is C75H145Cl4N28O16P3. The van der Waals surface area contributed by atoms with Crippen LogP contribution in [0.5, 0.6) is 0 Å². The molecule has 6 heterocycles. The number of nitrogens with zero attached hydrogens (tertiary/aromatic N) is 12. The third kappa shape index (κ3) is 48.1. The zero-order valence-electron chi connectivity index (χ0n) is 76.5. The second-order valence-electron chi connectivity index (χ2n) is 30.8. The number of ether oxygens (including phenoxy) is 7. The van der Waals surface area contributed by atoms with Gasteiger partial charge in [-0.1, -0.05) is 69.2 Å². The zero-order valence-corrected chi connectivity index (χ0v) is 82.5. The Hall–Kier alpha value is -7.00. The van der Waals surface area contributed by atoms with E-state index in [1.807, 2.05) is 69.2 Å². The Bertz CT molecular complexity index is 4240. The van der Waals surface area contributed by atoms with Crippen LogP contribution >= 0.6 is 72.0 Å². The zero-order chi connectivity index (χ0) is 91.8. The molecule has 6 atom stereocenters. The van der Waals surface area contributed by atoms with Gasteiger partial charge >= 0.3 is 23.9 Å². The third-order valence-corrected chi connectivity index (χ3v) is 22.4. The van der Waals surface area contributed by atoms with Crippen molar-refractivity contribution in [1.29, 1.82) is 0 Å². The van der Waals surface area contributed by atoms with Crippen LogP contribution in [0.4, 0.5) is 35.3 Å². The molecule has 0 saturated heterocycles. The summed E-state index contributed by atoms with van der Waals surface area (Å²) in [4.78, 5) is 111. The van der Waals surface area contributed by atoms with Crippen LogP contribution in [0.1, 0.15) is 190 Å². The summed E-state index contributed by atoms with van der Waals surface area (Å²) in [6, 6.07) is -2.39. The minimum atomic E-state index is -3.59. The Morgan fingerprint density at radius 1 is 0.373 bits per heavy atom. The van der Waals surface area contributed by atoms with Gasteiger partial charge in [0.25, 0.3) is 0 Å². The van der Waals surface area contributed by atoms with E-state index in [-0.39, 0.29) is 144 Å². The van der Waals surface area contributed by atoms with Crippen molar-refractivity contribution >= 4 is 176 Å². The normalized spacial score (nSPS) is 14.3. The second-order valence-corrected chi connectivity index (χ2v) is 37.6. The maximum absolute atomic E-state index is 13.7. The van der Waals surface area contributed by atoms with Gasteiger partial charge in [-0.05, 0) is 145 Å². The van der Waals surface area contributed by atoms with Crippen LogP contribution in [0.25, 0.3) is 33.5 Å². The number of nitrogen functional groups attached to an aromatic ring is 3. The molecule has 0 aliphatic heterocycles. The maximum Gasteiger partial charge on any atom is 0.323 e. The molecule has 0 unspecified atom stereocenters. The first kappa shape index (κ1) is 121. The minimum Gasteiger partial charge on any atom is -0.465 e. The molecule has 3 saturated carbocycles. The van der Waals surface area contributed by atoms with Crippen LogP contribution in [0.15, 0.2) is 19.0 Å². The first-order valence-corrected chi connectivity index (χ1v) is 47.1. The summed E-state index contributed by atoms with van der Waals surface area (Å²) in [5.41, 5.74) is 41.6. The Morgan fingerprint density at radius 2 is 0.587 bits per heavy atom. The van der Waals surface area contributed by atoms with Gasteiger partial charge in [-0.3, -0.25) is 42.5 Å². The molecule has 0 amide bonds. The molecule has 6 aromatic rings. The van der Waals surface area contributed by atoms with Gasteiger partial charge in [0.2, 0.25) is 40.2 Å². The van der Waals surface area contributed by atoms with E-state index < -0.39 is 82.5 Å². The first-order valence-electron chi connectivity index (χ1n) is 41.4. The lowest BCUT2D eigenvalue weighted by molar-refractivity contribution is -0.146. The summed E-state index contributed by atoms with van der Waals surface area (Å²) in [6.07, 6.45) is 11.9. The van der Waals surface area contributed by atoms with Crippen molar-refractivity contribution in [1.82, 2.24) is 89.1 Å². The van der Waals surface area contributed by atoms with Gasteiger partial charge in [-0.25, -0.2) is 45.5 Å². The molecular weight excluding hydrogens is 1780 g/mol. The highest BCUT2D eigenvalue weighted by molar-refractivity contribution is 7.60. The molecule has 9 rings (SSSR count). The van der Waals surface area contributed by atoms with Crippen LogP contribution in [0.2, 0.25) is 0 Å². The molecule has 6 aromatic heterocycles. The smallest absolute Gasteiger partial charge is 0.323 e. The van der Waals surface area contributed by atoms with E-state index in [4.69, 9.17) is 73.3 Å². The average Bonchev–Trinajstić information content (AvgIpc) is 1.65. The van der Waals surface area contributed by atoms with E-state index in [1.54, 1.807) is 74.2 Å². The number of imidazole rings is 3. The highest BCUT2D eigenvalue weighted by atomic mass is 35.5. The largest absolute Gasteiger partial charge is 0.465 e. The number of carbonyl (C=O) groups excluding carboxylic acids is 6. The van der Waals surface area contributed by atoms with E-state index in [0.717, 1.165) is 38.5 Å². The van der Waals surface area contributed by atoms with E-state index in [1.165, 1.54) is 27.7 Å². The van der Waals surface area contributed by atoms with Crippen molar-refractivity contribution < 1.29 is 75.6 Å². The third-order valence-electron chi connectivity index (χ3n) is 16.0. The number of nitrogens with one attached hydrogen (secondary N) is 9. The molecule has 724 valence electrons. The van der Waals surface area contributed by atoms with Crippen molar-refractivity contribution in [3.63, 3.8) is 0 Å². The summed E-state index contributed by atoms with van der Waals surface area (Å²) in [5.74, 6) is -0.342. The standard InChI is InChI=1S/C23H39N8O6P.C21H35N8O6P.C19H31N8O4P.4C3H9N.4ClH/c1-5-10-36-21(32)15(3)29-38(34,30-16(4)22(33)37-11-6-2)14-35-12-9-31-13-25-18-19(26-17-7-8-17)27-23(24)28-20(18)31;1-5-34-19(30)13(3)27-36(32,28-14(4)20(31)35-6-2)12-33-10-9-29-11-23-16-17(24-15-7-8-15)25-21(22)26-18(16)29;1-11(13(3)28)25-32(30,26-12(2)14(4)29)10-31-8-7-27-9-21-16-17(22-15-5-6-15)23-19(20)24-18(16)27;4*1-3(2)4;;;;/h13,15-17H,5-12,14H2,1-4H3,(H2,29,30,34)(H3,24,26,27,28);11,13-15H,5-10,12H2,1-4H3,(H2,27,28,32)(H3,22,24,25,26);9,11-12,15H,5-8,10H2,1-4H3,(H2,25,26,30)(H3,20,22,23,24);4*3H,4H2,1-2H3;4*1H/t15-,16-;13-,14-;11-,12-;;;;;;;;/m000......../s1. The number of fused-ring (bicyclic) bond motifs is 3. The lowest BCUT2D eigenvalue weighted by Crippen LogP contribution is -2.43. The molecule has 51 heteroatoms. The Kier molecular flexibility index (Phi) is 59.1. The summed E-state index contributed by atoms with van der Waals surface area (Å²) in [7, 11) is -10.5. The summed E-state index contributed by atoms with van der Waals surface area (Å²) in [6.45, 7) is 37.3. The topological polar surface area (TPSA) is 639 Å². The summed E-state index contributed by atoms with van der Waals surface area (Å²) < 4.78 is 83.3. The first-order chi connectivity index (χ1) is 57.3. The molecule has 3 aliphatic rings. The second kappa shape index (κ2) is 61.5. The lowest BCUT2D eigenvalue weighted by atomic mass is 10.3. The van der Waals surface area contributed by atoms with Crippen LogP contribution in [-0.4, -0.2) is 238 Å². The average molecular weight is 1930 g/mol. The van der Waals surface area contributed by atoms with Crippen LogP contribution in [0, 0.1) is 0 Å². The number of ketones is 2. The number of hydrogen-bond donors (Lipinski definition) is 16. The number of hydrogen-bond acceptors (Lipinski definition) is 35. The van der Waals surface area contributed by atoms with Crippen molar-refractivity contribution in [2.45, 2.75) is 288 Å². The van der Waals surface area contributed by atoms with Crippen LogP contribution in [0.3, 0.4) is 0 Å². The van der Waals surface area contributed by atoms with Gasteiger partial charge in [-0.15, -0.1) is 49.6 Å². The predicted octanol–water partition coefficient (Wildman–Crippen LogP) is 7.63. The molecule has 44 nitrogen and oxygen atoms in total. The van der Waals surface area contributed by atoms with Crippen molar-refractivity contribution in [2.75, 3.05) is 98.4 Å². The molecule has 0 bridgehead atoms. The van der Waals surface area contributed by atoms with Crippen molar-refractivity contribution in [3.8, 4) is 0 Å². The van der Waals surface area contributed by atoms with Gasteiger partial charge < -0.3 is 103 Å². The molecule has 0 radical (unpaired) electrons. The predicted molar refractivity (Wildman–Crippen MR) is 503 cm³/mol. The number of Topliss-reactive ketones (excluding diaryl/α,β-unsaturated/α-hetero) is 2. The maximum atomic E-state index is 13.7. The number of aromatic nitrogens is 12. The van der Waals surface area contributed by atoms with Gasteiger partial charge in [0.05, 0.1) is 77.3 Å². The van der Waals surface area contributed by atoms with E-state index in [0.29, 0.717) is 126 Å². The SMILES string of the molecule is CC(=O)[C@H](C)NP(=O)(COCCn1cnc2c(NC3CC3)nc(N)nc21)N[C@@H](C)C(C)=O.CC(C)N.CC(C)N.CC(C)N.CC(C)N.CCCOC(=O)[C@H](C)NP(=O)(COCCn1cnc2c(NC3CC3)nc(N)nc21)N[C@@H](C)C(=O)OCCC.CCOC(=O)[C@H](C)NP(=O)(COCCn1cnc2c(NC3CC3)nc(N)nc21)N[C@@H](C)C(=O)OCC.Cl.Cl.Cl.Cl. The van der Waals surface area contributed by atoms with E-state index in [2.05, 4.69) is 91.3 Å². The minimum absolute atomic E-state index is 0. The molecule has 3 fully saturated rings. The number of carbonyl (C=O) groups is 6. The Labute approximate surface area is 765 Å². The van der Waals surface area contributed by atoms with Gasteiger partial charge in [0.1, 0.15) is 54.8 Å². The molecule has 0 spiro atoms. The highest BCUT2D eigenvalue weighted by Gasteiger charge is 2.36. The van der Waals surface area contributed by atoms with Crippen molar-refractivity contribution in [2.24, 2.45) is 22.9 Å². The number of rotatable bonds is 45. The molecule has 126 heavy (non-hydrogen) atoms.